The van der Waals surface area contributed by atoms with Gasteiger partial charge in [-0.3, -0.25) is 24.5 Å². The number of hydrogen-bond donors (Lipinski definition) is 3. The molecule has 144 valence electrons. The van der Waals surface area contributed by atoms with E-state index in [1.165, 1.54) is 12.3 Å². The smallest absolute Gasteiger partial charge is 0.330 e. The first kappa shape index (κ1) is 19.6. The maximum atomic E-state index is 12.1. The third-order valence-corrected chi connectivity index (χ3v) is 6.78. The van der Waals surface area contributed by atoms with Crippen LogP contribution in [-0.2, 0) is 4.74 Å². The number of H-pyrrole nitrogens is 1. The summed E-state index contributed by atoms with van der Waals surface area (Å²) >= 11 is 0. The van der Waals surface area contributed by atoms with Gasteiger partial charge < -0.3 is 14.9 Å². The summed E-state index contributed by atoms with van der Waals surface area (Å²) in [6.07, 6.45) is -1.79. The first-order valence-corrected chi connectivity index (χ1v) is 9.96. The van der Waals surface area contributed by atoms with Gasteiger partial charge in [-0.2, -0.15) is 0 Å². The Hall–Kier alpha value is -2.12. The zero-order valence-corrected chi connectivity index (χ0v) is 15.3. The van der Waals surface area contributed by atoms with Crippen LogP contribution in [0.5, 0.6) is 0 Å². The van der Waals surface area contributed by atoms with Gasteiger partial charge in [-0.25, -0.2) is 4.79 Å². The highest BCUT2D eigenvalue weighted by atomic mass is 33.1. The van der Waals surface area contributed by atoms with Crippen molar-refractivity contribution in [1.29, 1.82) is 0 Å². The Morgan fingerprint density at radius 2 is 2.04 bits per heavy atom. The lowest BCUT2D eigenvalue weighted by atomic mass is 10.2. The molecule has 1 aromatic heterocycles. The Balaban J connectivity index is 1.88. The number of nitro benzene ring substituents is 1. The summed E-state index contributed by atoms with van der Waals surface area (Å²) in [6, 6.07) is 7.27. The minimum atomic E-state index is -1.13. The largest absolute Gasteiger partial charge is 0.394 e. The average Bonchev–Trinajstić information content (AvgIpc) is 2.95. The van der Waals surface area contributed by atoms with Gasteiger partial charge in [0.05, 0.1) is 27.8 Å². The van der Waals surface area contributed by atoms with Crippen LogP contribution in [0.1, 0.15) is 6.23 Å². The van der Waals surface area contributed by atoms with E-state index in [4.69, 9.17) is 4.74 Å². The first-order valence-electron chi connectivity index (χ1n) is 7.75. The topological polar surface area (TPSA) is 148 Å². The normalized spacial score (nSPS) is 24.8. The number of ether oxygens (including phenoxy) is 1. The Morgan fingerprint density at radius 3 is 2.70 bits per heavy atom. The molecule has 2 aromatic rings. The van der Waals surface area contributed by atoms with Crippen molar-refractivity contribution in [2.24, 2.45) is 0 Å². The molecular formula is C15H15N3O7S2. The number of aliphatic hydroxyl groups is 2. The van der Waals surface area contributed by atoms with Crippen LogP contribution in [0.2, 0.25) is 0 Å². The fourth-order valence-corrected chi connectivity index (χ4v) is 5.46. The van der Waals surface area contributed by atoms with E-state index in [-0.39, 0.29) is 5.69 Å². The summed E-state index contributed by atoms with van der Waals surface area (Å²) in [4.78, 5) is 36.4. The van der Waals surface area contributed by atoms with Crippen LogP contribution < -0.4 is 11.2 Å². The Labute approximate surface area is 159 Å². The molecule has 1 aromatic carbocycles. The van der Waals surface area contributed by atoms with Crippen molar-refractivity contribution in [3.63, 3.8) is 0 Å². The number of rotatable bonds is 6. The van der Waals surface area contributed by atoms with Crippen LogP contribution in [0.3, 0.4) is 0 Å². The Kier molecular flexibility index (Phi) is 6.01. The van der Waals surface area contributed by atoms with Crippen LogP contribution in [0.4, 0.5) is 5.69 Å². The van der Waals surface area contributed by atoms with E-state index in [0.717, 1.165) is 32.2 Å². The molecule has 0 bridgehead atoms. The van der Waals surface area contributed by atoms with E-state index < -0.39 is 46.5 Å². The zero-order valence-electron chi connectivity index (χ0n) is 13.6. The van der Waals surface area contributed by atoms with Gasteiger partial charge in [0.15, 0.2) is 6.23 Å². The monoisotopic (exact) mass is 413 g/mol. The molecule has 3 N–H and O–H groups in total. The van der Waals surface area contributed by atoms with Crippen LogP contribution in [0, 0.1) is 10.1 Å². The molecule has 12 heteroatoms. The molecule has 0 unspecified atom stereocenters. The van der Waals surface area contributed by atoms with Crippen molar-refractivity contribution in [2.45, 2.75) is 28.6 Å². The number of aromatic nitrogens is 2. The molecule has 2 heterocycles. The van der Waals surface area contributed by atoms with E-state index in [0.29, 0.717) is 4.90 Å². The predicted octanol–water partition coefficient (Wildman–Crippen LogP) is 0.504. The van der Waals surface area contributed by atoms with E-state index in [2.05, 4.69) is 4.98 Å². The summed E-state index contributed by atoms with van der Waals surface area (Å²) in [5.41, 5.74) is -1.38. The van der Waals surface area contributed by atoms with E-state index in [1.807, 2.05) is 0 Å². The summed E-state index contributed by atoms with van der Waals surface area (Å²) in [7, 11) is 2.15. The van der Waals surface area contributed by atoms with Crippen molar-refractivity contribution in [2.75, 3.05) is 6.61 Å². The second kappa shape index (κ2) is 8.27. The summed E-state index contributed by atoms with van der Waals surface area (Å²) < 4.78 is 6.69. The van der Waals surface area contributed by atoms with Crippen molar-refractivity contribution in [1.82, 2.24) is 9.55 Å². The molecular weight excluding hydrogens is 398 g/mol. The number of para-hydroxylation sites is 1. The molecule has 4 atom stereocenters. The van der Waals surface area contributed by atoms with Gasteiger partial charge in [0.25, 0.3) is 11.2 Å². The van der Waals surface area contributed by atoms with Gasteiger partial charge in [0, 0.05) is 18.3 Å². The molecule has 0 radical (unpaired) electrons. The number of aromatic amines is 1. The minimum Gasteiger partial charge on any atom is -0.394 e. The molecule has 10 nitrogen and oxygen atoms in total. The number of aliphatic hydroxyl groups excluding tert-OH is 2. The molecule has 0 amide bonds. The molecule has 0 saturated carbocycles. The lowest BCUT2D eigenvalue weighted by molar-refractivity contribution is -0.387. The van der Waals surface area contributed by atoms with Crippen LogP contribution in [-0.4, -0.2) is 48.8 Å². The summed E-state index contributed by atoms with van der Waals surface area (Å²) in [5.74, 6) is 0. The lowest BCUT2D eigenvalue weighted by Crippen LogP contribution is -2.36. The molecule has 0 aliphatic carbocycles. The molecule has 27 heavy (non-hydrogen) atoms. The number of nitrogens with zero attached hydrogens (tertiary/aromatic N) is 2. The van der Waals surface area contributed by atoms with E-state index in [1.54, 1.807) is 18.2 Å². The van der Waals surface area contributed by atoms with E-state index in [9.17, 15) is 29.9 Å². The van der Waals surface area contributed by atoms with Crippen molar-refractivity contribution in [3.8, 4) is 0 Å². The predicted molar refractivity (Wildman–Crippen MR) is 98.7 cm³/mol. The Bertz CT molecular complexity index is 947. The number of nitro groups is 1. The second-order valence-corrected chi connectivity index (χ2v) is 8.05. The highest BCUT2D eigenvalue weighted by Gasteiger charge is 2.45. The third kappa shape index (κ3) is 4.09. The summed E-state index contributed by atoms with van der Waals surface area (Å²) in [6.45, 7) is -0.469. The SMILES string of the molecule is O=c1ccn([C@@H]2O[C@H](CO)[C@@H](O)[C@@H]2SSc2ccccc2[N+](=O)[O-])c(=O)[nH]1. The number of hydrogen-bond acceptors (Lipinski definition) is 9. The summed E-state index contributed by atoms with van der Waals surface area (Å²) in [5, 5.41) is 30.3. The van der Waals surface area contributed by atoms with Crippen molar-refractivity contribution in [3.05, 3.63) is 67.5 Å². The lowest BCUT2D eigenvalue weighted by Gasteiger charge is -2.20. The molecule has 1 aliphatic rings. The maximum Gasteiger partial charge on any atom is 0.330 e. The van der Waals surface area contributed by atoms with Gasteiger partial charge in [-0.15, -0.1) is 0 Å². The first-order chi connectivity index (χ1) is 12.9. The average molecular weight is 413 g/mol. The van der Waals surface area contributed by atoms with Crippen LogP contribution in [0.15, 0.2) is 51.0 Å². The fraction of sp³-hybridized carbons (Fsp3) is 0.333. The van der Waals surface area contributed by atoms with Gasteiger partial charge in [-0.05, 0) is 16.9 Å². The maximum absolute atomic E-state index is 12.1. The van der Waals surface area contributed by atoms with Crippen molar-refractivity contribution >= 4 is 27.3 Å². The number of nitrogens with one attached hydrogen (secondary N) is 1. The van der Waals surface area contributed by atoms with Crippen molar-refractivity contribution < 1.29 is 19.9 Å². The van der Waals surface area contributed by atoms with Crippen LogP contribution in [0.25, 0.3) is 0 Å². The molecule has 1 aliphatic heterocycles. The molecule has 1 saturated heterocycles. The second-order valence-electron chi connectivity index (χ2n) is 5.62. The van der Waals surface area contributed by atoms with Gasteiger partial charge in [0.1, 0.15) is 6.10 Å². The minimum absolute atomic E-state index is 0.0835. The molecule has 1 fully saturated rings. The molecule has 0 spiro atoms. The number of benzene rings is 1. The third-order valence-electron chi connectivity index (χ3n) is 3.93. The van der Waals surface area contributed by atoms with Gasteiger partial charge >= 0.3 is 5.69 Å². The quantitative estimate of drug-likeness (QED) is 0.350. The highest BCUT2D eigenvalue weighted by molar-refractivity contribution is 8.77. The Morgan fingerprint density at radius 1 is 1.30 bits per heavy atom. The standard InChI is InChI=1S/C15H15N3O7S2/c19-7-9-12(21)13(14(25-9)17-6-5-11(20)16-15(17)22)27-26-10-4-2-1-3-8(10)18(23)24/h1-6,9,12-14,19,21H,7H2,(H,16,20,22)/t9-,12-,13+,14-/m1/s1. The van der Waals surface area contributed by atoms with Crippen LogP contribution >= 0.6 is 21.6 Å². The molecule has 3 rings (SSSR count). The van der Waals surface area contributed by atoms with E-state index >= 15 is 0 Å². The zero-order chi connectivity index (χ0) is 19.6. The fourth-order valence-electron chi connectivity index (χ4n) is 2.61. The van der Waals surface area contributed by atoms with Gasteiger partial charge in [-0.1, -0.05) is 22.9 Å². The highest BCUT2D eigenvalue weighted by Crippen LogP contribution is 2.47. The van der Waals surface area contributed by atoms with Gasteiger partial charge in [0.2, 0.25) is 0 Å².